The van der Waals surface area contributed by atoms with Crippen LogP contribution < -0.4 is 14.4 Å². The van der Waals surface area contributed by atoms with Gasteiger partial charge < -0.3 is 9.47 Å². The first-order chi connectivity index (χ1) is 16.0. The number of benzene rings is 3. The number of para-hydroxylation sites is 1. The number of methoxy groups -OCH3 is 1. The molecule has 0 atom stereocenters. The van der Waals surface area contributed by atoms with Crippen molar-refractivity contribution in [3.8, 4) is 17.6 Å². The average Bonchev–Trinajstić information content (AvgIpc) is 3.11. The second-order valence-corrected chi connectivity index (χ2v) is 9.10. The predicted molar refractivity (Wildman–Crippen MR) is 136 cm³/mol. The number of carbonyl (C=O) groups excluding carboxylic acids is 2. The first-order valence-corrected chi connectivity index (χ1v) is 11.7. The monoisotopic (exact) mass is 568 g/mol. The Morgan fingerprint density at radius 1 is 1.09 bits per heavy atom. The molecule has 164 valence electrons. The van der Waals surface area contributed by atoms with Crippen molar-refractivity contribution in [1.82, 2.24) is 0 Å². The third kappa shape index (κ3) is 4.89. The van der Waals surface area contributed by atoms with Crippen LogP contribution in [0.5, 0.6) is 11.5 Å². The zero-order chi connectivity index (χ0) is 23.4. The van der Waals surface area contributed by atoms with Crippen LogP contribution in [0.25, 0.3) is 6.08 Å². The molecule has 0 aromatic heterocycles. The third-order valence-corrected chi connectivity index (χ3v) is 6.54. The lowest BCUT2D eigenvalue weighted by Gasteiger charge is -2.14. The largest absolute Gasteiger partial charge is 0.493 e. The smallest absolute Gasteiger partial charge is 0.298 e. The predicted octanol–water partition coefficient (Wildman–Crippen LogP) is 5.99. The fourth-order valence-corrected chi connectivity index (χ4v) is 4.91. The van der Waals surface area contributed by atoms with Gasteiger partial charge in [0.25, 0.3) is 11.1 Å². The molecule has 33 heavy (non-hydrogen) atoms. The molecule has 2 amide bonds. The molecule has 0 aliphatic carbocycles. The maximum atomic E-state index is 12.9. The van der Waals surface area contributed by atoms with Crippen molar-refractivity contribution >= 4 is 57.3 Å². The molecule has 0 N–H and O–H groups in total. The lowest BCUT2D eigenvalue weighted by molar-refractivity contribution is -0.113. The number of imide groups is 1. The summed E-state index contributed by atoms with van der Waals surface area (Å²) < 4.78 is 12.3. The fraction of sp³-hybridized carbons (Fsp3) is 0.0800. The SMILES string of the molecule is COc1cc(/C=C2/SC(=O)N(c3ccccc3)C2=O)cc(I)c1OCc1ccccc1C#N. The van der Waals surface area contributed by atoms with E-state index in [0.717, 1.165) is 20.9 Å². The Kier molecular flexibility index (Phi) is 7.01. The third-order valence-electron chi connectivity index (χ3n) is 4.87. The van der Waals surface area contributed by atoms with Gasteiger partial charge in [-0.25, -0.2) is 4.90 Å². The van der Waals surface area contributed by atoms with Crippen molar-refractivity contribution in [2.24, 2.45) is 0 Å². The first kappa shape index (κ1) is 22.9. The highest BCUT2D eigenvalue weighted by molar-refractivity contribution is 14.1. The van der Waals surface area contributed by atoms with Crippen LogP contribution in [0.4, 0.5) is 10.5 Å². The molecule has 1 fully saturated rings. The van der Waals surface area contributed by atoms with Gasteiger partial charge in [0.1, 0.15) is 6.61 Å². The number of carbonyl (C=O) groups is 2. The van der Waals surface area contributed by atoms with Gasteiger partial charge in [-0.05, 0) is 76.3 Å². The Labute approximate surface area is 208 Å². The molecule has 4 rings (SSSR count). The average molecular weight is 568 g/mol. The van der Waals surface area contributed by atoms with Crippen LogP contribution in [-0.2, 0) is 11.4 Å². The number of nitrogens with zero attached hydrogens (tertiary/aromatic N) is 2. The Morgan fingerprint density at radius 3 is 2.55 bits per heavy atom. The molecule has 0 unspecified atom stereocenters. The summed E-state index contributed by atoms with van der Waals surface area (Å²) in [6.45, 7) is 0.214. The molecule has 6 nitrogen and oxygen atoms in total. The summed E-state index contributed by atoms with van der Waals surface area (Å²) in [5, 5.41) is 8.94. The topological polar surface area (TPSA) is 79.6 Å². The summed E-state index contributed by atoms with van der Waals surface area (Å²) in [6, 6.07) is 21.9. The number of rotatable bonds is 6. The van der Waals surface area contributed by atoms with Gasteiger partial charge in [-0.3, -0.25) is 9.59 Å². The van der Waals surface area contributed by atoms with Crippen LogP contribution >= 0.6 is 34.4 Å². The lowest BCUT2D eigenvalue weighted by atomic mass is 10.1. The van der Waals surface area contributed by atoms with E-state index in [1.54, 1.807) is 48.5 Å². The Bertz CT molecular complexity index is 1300. The number of amides is 2. The quantitative estimate of drug-likeness (QED) is 0.269. The summed E-state index contributed by atoms with van der Waals surface area (Å²) in [4.78, 5) is 26.8. The standard InChI is InChI=1S/C25H17IN2O4S/c1-31-21-12-16(11-20(26)23(21)32-15-18-8-6-5-7-17(18)14-27)13-22-24(29)28(25(30)33-22)19-9-3-2-4-10-19/h2-13H,15H2,1H3/b22-13+. The Balaban J connectivity index is 1.59. The van der Waals surface area contributed by atoms with E-state index in [2.05, 4.69) is 28.7 Å². The molecule has 0 bridgehead atoms. The van der Waals surface area contributed by atoms with Crippen molar-refractivity contribution in [3.63, 3.8) is 0 Å². The maximum absolute atomic E-state index is 12.9. The van der Waals surface area contributed by atoms with Gasteiger partial charge in [-0.1, -0.05) is 36.4 Å². The van der Waals surface area contributed by atoms with Crippen LogP contribution in [-0.4, -0.2) is 18.3 Å². The highest BCUT2D eigenvalue weighted by Crippen LogP contribution is 2.39. The molecule has 1 saturated heterocycles. The normalized spacial score (nSPS) is 14.5. The van der Waals surface area contributed by atoms with Crippen LogP contribution in [0.2, 0.25) is 0 Å². The summed E-state index contributed by atoms with van der Waals surface area (Å²) in [5.41, 5.74) is 2.57. The number of thioether (sulfide) groups is 1. The summed E-state index contributed by atoms with van der Waals surface area (Å²) in [6.07, 6.45) is 1.67. The van der Waals surface area contributed by atoms with Crippen molar-refractivity contribution in [2.75, 3.05) is 12.0 Å². The van der Waals surface area contributed by atoms with Gasteiger partial charge in [0.05, 0.1) is 32.9 Å². The number of ether oxygens (including phenoxy) is 2. The van der Waals surface area contributed by atoms with E-state index in [9.17, 15) is 14.9 Å². The molecule has 0 saturated carbocycles. The van der Waals surface area contributed by atoms with E-state index < -0.39 is 0 Å². The number of nitriles is 1. The number of hydrogen-bond donors (Lipinski definition) is 0. The second-order valence-electron chi connectivity index (χ2n) is 6.94. The molecular formula is C25H17IN2O4S. The Hall–Kier alpha value is -3.29. The van der Waals surface area contributed by atoms with Gasteiger partial charge in [-0.2, -0.15) is 5.26 Å². The molecule has 3 aromatic rings. The van der Waals surface area contributed by atoms with Crippen LogP contribution in [0, 0.1) is 14.9 Å². The van der Waals surface area contributed by atoms with Crippen molar-refractivity contribution < 1.29 is 19.1 Å². The molecule has 8 heteroatoms. The minimum Gasteiger partial charge on any atom is -0.493 e. The highest BCUT2D eigenvalue weighted by Gasteiger charge is 2.36. The first-order valence-electron chi connectivity index (χ1n) is 9.83. The minimum absolute atomic E-state index is 0.214. The molecule has 1 aliphatic heterocycles. The van der Waals surface area contributed by atoms with Crippen molar-refractivity contribution in [3.05, 3.63) is 91.9 Å². The summed E-state index contributed by atoms with van der Waals surface area (Å²) in [5.74, 6) is 0.670. The van der Waals surface area contributed by atoms with Crippen LogP contribution in [0.1, 0.15) is 16.7 Å². The van der Waals surface area contributed by atoms with Gasteiger partial charge in [0, 0.05) is 5.56 Å². The zero-order valence-electron chi connectivity index (χ0n) is 17.4. The Morgan fingerprint density at radius 2 is 1.82 bits per heavy atom. The summed E-state index contributed by atoms with van der Waals surface area (Å²) in [7, 11) is 1.54. The van der Waals surface area contributed by atoms with E-state index in [0.29, 0.717) is 33.2 Å². The van der Waals surface area contributed by atoms with Crippen LogP contribution in [0.3, 0.4) is 0 Å². The van der Waals surface area contributed by atoms with E-state index in [-0.39, 0.29) is 17.8 Å². The molecule has 3 aromatic carbocycles. The molecule has 0 spiro atoms. The number of halogens is 1. The van der Waals surface area contributed by atoms with Gasteiger partial charge in [0.2, 0.25) is 0 Å². The van der Waals surface area contributed by atoms with Gasteiger partial charge in [-0.15, -0.1) is 0 Å². The van der Waals surface area contributed by atoms with E-state index >= 15 is 0 Å². The van der Waals surface area contributed by atoms with Gasteiger partial charge >= 0.3 is 0 Å². The van der Waals surface area contributed by atoms with E-state index in [1.807, 2.05) is 24.3 Å². The fourth-order valence-electron chi connectivity index (χ4n) is 3.29. The second kappa shape index (κ2) is 10.1. The number of anilines is 1. The molecule has 1 aliphatic rings. The van der Waals surface area contributed by atoms with E-state index in [4.69, 9.17) is 9.47 Å². The van der Waals surface area contributed by atoms with E-state index in [1.165, 1.54) is 12.0 Å². The molecule has 1 heterocycles. The summed E-state index contributed by atoms with van der Waals surface area (Å²) >= 11 is 3.04. The van der Waals surface area contributed by atoms with Crippen LogP contribution in [0.15, 0.2) is 71.6 Å². The van der Waals surface area contributed by atoms with Gasteiger partial charge in [0.15, 0.2) is 11.5 Å². The molecule has 0 radical (unpaired) electrons. The molecular weight excluding hydrogens is 551 g/mol. The minimum atomic E-state index is -0.362. The maximum Gasteiger partial charge on any atom is 0.298 e. The van der Waals surface area contributed by atoms with Crippen molar-refractivity contribution in [1.29, 1.82) is 5.26 Å². The zero-order valence-corrected chi connectivity index (χ0v) is 20.4. The highest BCUT2D eigenvalue weighted by atomic mass is 127. The lowest BCUT2D eigenvalue weighted by Crippen LogP contribution is -2.27. The number of hydrogen-bond acceptors (Lipinski definition) is 6. The van der Waals surface area contributed by atoms with Crippen molar-refractivity contribution in [2.45, 2.75) is 6.61 Å².